The van der Waals surface area contributed by atoms with Gasteiger partial charge in [0, 0.05) is 18.9 Å². The number of nitrogens with one attached hydrogen (secondary N) is 1. The molecule has 1 aliphatic heterocycles. The number of ether oxygens (including phenoxy) is 1. The van der Waals surface area contributed by atoms with E-state index in [0.717, 1.165) is 37.4 Å². The summed E-state index contributed by atoms with van der Waals surface area (Å²) in [7, 11) is 0. The first kappa shape index (κ1) is 11.5. The minimum atomic E-state index is 0.142. The van der Waals surface area contributed by atoms with Crippen LogP contribution in [0.3, 0.4) is 0 Å². The van der Waals surface area contributed by atoms with Gasteiger partial charge in [0.25, 0.3) is 0 Å². The number of hydrogen-bond donors (Lipinski definition) is 2. The Kier molecular flexibility index (Phi) is 3.88. The van der Waals surface area contributed by atoms with Crippen molar-refractivity contribution >= 4 is 0 Å². The molecule has 0 spiro atoms. The van der Waals surface area contributed by atoms with E-state index >= 15 is 0 Å². The Morgan fingerprint density at radius 1 is 1.44 bits per heavy atom. The molecule has 0 amide bonds. The highest BCUT2D eigenvalue weighted by molar-refractivity contribution is 5.14. The predicted octanol–water partition coefficient (Wildman–Crippen LogP) is 1.32. The van der Waals surface area contributed by atoms with Gasteiger partial charge in [0.05, 0.1) is 11.7 Å². The Hall–Kier alpha value is -0.970. The Morgan fingerprint density at radius 2 is 2.19 bits per heavy atom. The molecule has 1 saturated heterocycles. The maximum Gasteiger partial charge on any atom is 0.0662 e. The summed E-state index contributed by atoms with van der Waals surface area (Å²) in [6, 6.07) is 6.21. The number of hydrogen-bond acceptors (Lipinski definition) is 4. The first-order chi connectivity index (χ1) is 7.81. The molecule has 88 valence electrons. The molecule has 2 heterocycles. The molecule has 0 saturated carbocycles. The Balaban J connectivity index is 2.14. The van der Waals surface area contributed by atoms with E-state index in [1.54, 1.807) is 0 Å². The first-order valence-electron chi connectivity index (χ1n) is 5.78. The largest absolute Gasteiger partial charge is 0.381 e. The van der Waals surface area contributed by atoms with Crippen LogP contribution < -0.4 is 11.3 Å². The second-order valence-corrected chi connectivity index (χ2v) is 4.30. The van der Waals surface area contributed by atoms with E-state index in [0.29, 0.717) is 5.92 Å². The van der Waals surface area contributed by atoms with E-state index in [1.165, 1.54) is 0 Å². The second-order valence-electron chi connectivity index (χ2n) is 4.30. The van der Waals surface area contributed by atoms with Crippen LogP contribution in [0.25, 0.3) is 0 Å². The summed E-state index contributed by atoms with van der Waals surface area (Å²) >= 11 is 0. The molecular formula is C12H19N3O. The lowest BCUT2D eigenvalue weighted by molar-refractivity contribution is 0.0531. The average Bonchev–Trinajstić information content (AvgIpc) is 2.31. The van der Waals surface area contributed by atoms with Crippen molar-refractivity contribution in [2.75, 3.05) is 13.2 Å². The molecule has 1 aromatic rings. The highest BCUT2D eigenvalue weighted by Crippen LogP contribution is 2.28. The van der Waals surface area contributed by atoms with E-state index in [4.69, 9.17) is 10.6 Å². The van der Waals surface area contributed by atoms with Crippen LogP contribution in [0.1, 0.15) is 30.3 Å². The summed E-state index contributed by atoms with van der Waals surface area (Å²) in [5.41, 5.74) is 4.97. The number of aryl methyl sites for hydroxylation is 1. The van der Waals surface area contributed by atoms with Crippen molar-refractivity contribution in [1.29, 1.82) is 0 Å². The van der Waals surface area contributed by atoms with Gasteiger partial charge in [-0.25, -0.2) is 0 Å². The molecule has 3 N–H and O–H groups in total. The highest BCUT2D eigenvalue weighted by Gasteiger charge is 2.25. The standard InChI is InChI=1S/C12H19N3O/c1-9-3-2-4-11(14-9)12(15-13)10-5-7-16-8-6-10/h2-4,10,12,15H,5-8,13H2,1H3. The van der Waals surface area contributed by atoms with Gasteiger partial charge in [-0.15, -0.1) is 0 Å². The molecule has 2 rings (SSSR count). The van der Waals surface area contributed by atoms with Gasteiger partial charge in [-0.2, -0.15) is 0 Å². The van der Waals surface area contributed by atoms with Crippen LogP contribution in [0, 0.1) is 12.8 Å². The number of rotatable bonds is 3. The molecule has 4 nitrogen and oxygen atoms in total. The van der Waals surface area contributed by atoms with E-state index < -0.39 is 0 Å². The predicted molar refractivity (Wildman–Crippen MR) is 62.6 cm³/mol. The number of pyridine rings is 1. The molecule has 0 aromatic carbocycles. The van der Waals surface area contributed by atoms with E-state index in [-0.39, 0.29) is 6.04 Å². The van der Waals surface area contributed by atoms with Crippen LogP contribution in [-0.4, -0.2) is 18.2 Å². The number of hydrazine groups is 1. The molecule has 0 aliphatic carbocycles. The topological polar surface area (TPSA) is 60.2 Å². The number of aromatic nitrogens is 1. The van der Waals surface area contributed by atoms with Crippen molar-refractivity contribution in [3.63, 3.8) is 0 Å². The molecule has 1 unspecified atom stereocenters. The van der Waals surface area contributed by atoms with Crippen LogP contribution in [0.15, 0.2) is 18.2 Å². The fourth-order valence-electron chi connectivity index (χ4n) is 2.25. The monoisotopic (exact) mass is 221 g/mol. The molecule has 16 heavy (non-hydrogen) atoms. The smallest absolute Gasteiger partial charge is 0.0662 e. The molecule has 1 fully saturated rings. The molecule has 4 heteroatoms. The highest BCUT2D eigenvalue weighted by atomic mass is 16.5. The summed E-state index contributed by atoms with van der Waals surface area (Å²) in [4.78, 5) is 4.54. The van der Waals surface area contributed by atoms with Gasteiger partial charge in [0.2, 0.25) is 0 Å². The van der Waals surface area contributed by atoms with Gasteiger partial charge in [-0.3, -0.25) is 16.3 Å². The summed E-state index contributed by atoms with van der Waals surface area (Å²) in [5, 5.41) is 0. The van der Waals surface area contributed by atoms with Crippen LogP contribution in [0.4, 0.5) is 0 Å². The van der Waals surface area contributed by atoms with Gasteiger partial charge >= 0.3 is 0 Å². The molecule has 1 aromatic heterocycles. The number of nitrogens with zero attached hydrogens (tertiary/aromatic N) is 1. The summed E-state index contributed by atoms with van der Waals surface area (Å²) in [6.45, 7) is 3.66. The SMILES string of the molecule is Cc1cccc(C(NN)C2CCOCC2)n1. The van der Waals surface area contributed by atoms with Crippen molar-refractivity contribution < 1.29 is 4.74 Å². The lowest BCUT2D eigenvalue weighted by Gasteiger charge is -2.29. The molecule has 0 bridgehead atoms. The van der Waals surface area contributed by atoms with Gasteiger partial charge in [-0.1, -0.05) is 6.07 Å². The van der Waals surface area contributed by atoms with Crippen LogP contribution >= 0.6 is 0 Å². The zero-order valence-corrected chi connectivity index (χ0v) is 9.65. The van der Waals surface area contributed by atoms with Crippen molar-refractivity contribution in [2.24, 2.45) is 11.8 Å². The Labute approximate surface area is 96.2 Å². The van der Waals surface area contributed by atoms with E-state index in [2.05, 4.69) is 10.4 Å². The fraction of sp³-hybridized carbons (Fsp3) is 0.583. The van der Waals surface area contributed by atoms with Crippen LogP contribution in [0.5, 0.6) is 0 Å². The number of nitrogens with two attached hydrogens (primary N) is 1. The van der Waals surface area contributed by atoms with Crippen molar-refractivity contribution in [3.05, 3.63) is 29.6 Å². The van der Waals surface area contributed by atoms with Gasteiger partial charge in [-0.05, 0) is 37.8 Å². The van der Waals surface area contributed by atoms with Crippen molar-refractivity contribution in [1.82, 2.24) is 10.4 Å². The third kappa shape index (κ3) is 2.58. The van der Waals surface area contributed by atoms with E-state index in [1.807, 2.05) is 25.1 Å². The maximum atomic E-state index is 5.65. The molecule has 1 aliphatic rings. The third-order valence-corrected chi connectivity index (χ3v) is 3.15. The normalized spacial score (nSPS) is 19.6. The fourth-order valence-corrected chi connectivity index (χ4v) is 2.25. The quantitative estimate of drug-likeness (QED) is 0.597. The lowest BCUT2D eigenvalue weighted by Crippen LogP contribution is -2.36. The molecule has 1 atom stereocenters. The zero-order valence-electron chi connectivity index (χ0n) is 9.65. The Morgan fingerprint density at radius 3 is 2.81 bits per heavy atom. The second kappa shape index (κ2) is 5.39. The van der Waals surface area contributed by atoms with Crippen molar-refractivity contribution in [2.45, 2.75) is 25.8 Å². The van der Waals surface area contributed by atoms with Crippen LogP contribution in [0.2, 0.25) is 0 Å². The van der Waals surface area contributed by atoms with E-state index in [9.17, 15) is 0 Å². The zero-order chi connectivity index (χ0) is 11.4. The van der Waals surface area contributed by atoms with Crippen molar-refractivity contribution in [3.8, 4) is 0 Å². The molecular weight excluding hydrogens is 202 g/mol. The lowest BCUT2D eigenvalue weighted by atomic mass is 9.90. The molecule has 0 radical (unpaired) electrons. The maximum absolute atomic E-state index is 5.65. The van der Waals surface area contributed by atoms with Gasteiger partial charge in [0.1, 0.15) is 0 Å². The van der Waals surface area contributed by atoms with Crippen LogP contribution in [-0.2, 0) is 4.74 Å². The third-order valence-electron chi connectivity index (χ3n) is 3.15. The minimum absolute atomic E-state index is 0.142. The minimum Gasteiger partial charge on any atom is -0.381 e. The summed E-state index contributed by atoms with van der Waals surface area (Å²) in [5.74, 6) is 6.18. The summed E-state index contributed by atoms with van der Waals surface area (Å²) in [6.07, 6.45) is 2.09. The van der Waals surface area contributed by atoms with Gasteiger partial charge in [0.15, 0.2) is 0 Å². The first-order valence-corrected chi connectivity index (χ1v) is 5.78. The average molecular weight is 221 g/mol. The Bertz CT molecular complexity index is 337. The van der Waals surface area contributed by atoms with Gasteiger partial charge < -0.3 is 4.74 Å². The summed E-state index contributed by atoms with van der Waals surface area (Å²) < 4.78 is 5.36.